The lowest BCUT2D eigenvalue weighted by Gasteiger charge is -2.15. The van der Waals surface area contributed by atoms with Crippen molar-refractivity contribution in [3.63, 3.8) is 0 Å². The highest BCUT2D eigenvalue weighted by atomic mass is 32.2. The summed E-state index contributed by atoms with van der Waals surface area (Å²) >= 11 is 1.79. The molecule has 0 amide bonds. The first kappa shape index (κ1) is 10.1. The van der Waals surface area contributed by atoms with Crippen molar-refractivity contribution < 1.29 is 0 Å². The summed E-state index contributed by atoms with van der Waals surface area (Å²) in [6, 6.07) is 0.503. The maximum Gasteiger partial charge on any atom is 0.121 e. The second-order valence-electron chi connectivity index (χ2n) is 4.18. The van der Waals surface area contributed by atoms with Crippen LogP contribution in [-0.2, 0) is 12.8 Å². The van der Waals surface area contributed by atoms with Crippen molar-refractivity contribution in [2.75, 3.05) is 6.26 Å². The van der Waals surface area contributed by atoms with E-state index >= 15 is 0 Å². The molecule has 0 bridgehead atoms. The maximum absolute atomic E-state index is 4.69. The highest BCUT2D eigenvalue weighted by Gasteiger charge is 2.20. The summed E-state index contributed by atoms with van der Waals surface area (Å²) in [5.74, 6) is 0. The van der Waals surface area contributed by atoms with Crippen LogP contribution in [0.15, 0.2) is 5.03 Å². The number of rotatable bonds is 2. The molecule has 1 aromatic rings. The fourth-order valence-electron chi connectivity index (χ4n) is 2.18. The molecule has 0 aromatic carbocycles. The lowest BCUT2D eigenvalue weighted by atomic mass is 9.98. The molecule has 0 saturated heterocycles. The van der Waals surface area contributed by atoms with E-state index in [-0.39, 0.29) is 0 Å². The molecule has 78 valence electrons. The summed E-state index contributed by atoms with van der Waals surface area (Å²) < 4.78 is 2.22. The van der Waals surface area contributed by atoms with E-state index in [0.29, 0.717) is 6.04 Å². The van der Waals surface area contributed by atoms with Gasteiger partial charge in [0.1, 0.15) is 5.03 Å². The largest absolute Gasteiger partial charge is 0.266 e. The SMILES string of the molecule is CSc1nn(C(C)C)c2c1CCCC2. The molecule has 0 saturated carbocycles. The zero-order valence-electron chi connectivity index (χ0n) is 9.21. The second-order valence-corrected chi connectivity index (χ2v) is 4.97. The molecule has 0 spiro atoms. The van der Waals surface area contributed by atoms with Gasteiger partial charge in [-0.15, -0.1) is 11.8 Å². The Morgan fingerprint density at radius 1 is 1.29 bits per heavy atom. The van der Waals surface area contributed by atoms with Crippen LogP contribution in [0.3, 0.4) is 0 Å². The Labute approximate surface area is 90.1 Å². The minimum atomic E-state index is 0.503. The summed E-state index contributed by atoms with van der Waals surface area (Å²) in [6.07, 6.45) is 7.25. The maximum atomic E-state index is 4.69. The van der Waals surface area contributed by atoms with Crippen LogP contribution in [0.5, 0.6) is 0 Å². The van der Waals surface area contributed by atoms with Gasteiger partial charge in [-0.05, 0) is 45.8 Å². The number of nitrogens with zero attached hydrogens (tertiary/aromatic N) is 2. The van der Waals surface area contributed by atoms with Crippen LogP contribution in [0, 0.1) is 0 Å². The molecule has 2 nitrogen and oxygen atoms in total. The van der Waals surface area contributed by atoms with Crippen LogP contribution >= 0.6 is 11.8 Å². The van der Waals surface area contributed by atoms with Crippen molar-refractivity contribution >= 4 is 11.8 Å². The molecule has 1 aromatic heterocycles. The molecule has 1 aliphatic carbocycles. The Hall–Kier alpha value is -0.440. The highest BCUT2D eigenvalue weighted by molar-refractivity contribution is 7.98. The first-order valence-corrected chi connectivity index (χ1v) is 6.60. The van der Waals surface area contributed by atoms with Crippen LogP contribution in [0.1, 0.15) is 44.0 Å². The number of aromatic nitrogens is 2. The zero-order valence-corrected chi connectivity index (χ0v) is 10.0. The molecule has 0 atom stereocenters. The van der Waals surface area contributed by atoms with Crippen molar-refractivity contribution in [2.24, 2.45) is 0 Å². The minimum absolute atomic E-state index is 0.503. The molecule has 14 heavy (non-hydrogen) atoms. The third-order valence-electron chi connectivity index (χ3n) is 2.85. The van der Waals surface area contributed by atoms with Crippen LogP contribution in [0.25, 0.3) is 0 Å². The van der Waals surface area contributed by atoms with E-state index in [1.54, 1.807) is 11.8 Å². The van der Waals surface area contributed by atoms with E-state index < -0.39 is 0 Å². The quantitative estimate of drug-likeness (QED) is 0.698. The Kier molecular flexibility index (Phi) is 2.86. The number of thioether (sulfide) groups is 1. The molecule has 1 heterocycles. The van der Waals surface area contributed by atoms with E-state index in [1.807, 2.05) is 0 Å². The molecular formula is C11H18N2S. The highest BCUT2D eigenvalue weighted by Crippen LogP contribution is 2.30. The minimum Gasteiger partial charge on any atom is -0.266 e. The molecule has 3 heteroatoms. The monoisotopic (exact) mass is 210 g/mol. The Bertz CT molecular complexity index is 328. The van der Waals surface area contributed by atoms with Gasteiger partial charge < -0.3 is 0 Å². The molecular weight excluding hydrogens is 192 g/mol. The molecule has 0 N–H and O–H groups in total. The van der Waals surface area contributed by atoms with Crippen molar-refractivity contribution in [3.05, 3.63) is 11.3 Å². The van der Waals surface area contributed by atoms with E-state index in [9.17, 15) is 0 Å². The Balaban J connectivity index is 2.46. The van der Waals surface area contributed by atoms with E-state index in [2.05, 4.69) is 29.9 Å². The topological polar surface area (TPSA) is 17.8 Å². The van der Waals surface area contributed by atoms with E-state index in [1.165, 1.54) is 42.0 Å². The molecule has 0 radical (unpaired) electrons. The summed E-state index contributed by atoms with van der Waals surface area (Å²) in [7, 11) is 0. The predicted octanol–water partition coefficient (Wildman–Crippen LogP) is 3.06. The third-order valence-corrected chi connectivity index (χ3v) is 3.57. The van der Waals surface area contributed by atoms with Gasteiger partial charge in [-0.3, -0.25) is 4.68 Å². The first-order valence-electron chi connectivity index (χ1n) is 5.38. The molecule has 0 aliphatic heterocycles. The van der Waals surface area contributed by atoms with Crippen molar-refractivity contribution in [1.82, 2.24) is 9.78 Å². The summed E-state index contributed by atoms with van der Waals surface area (Å²) in [5, 5.41) is 5.95. The smallest absolute Gasteiger partial charge is 0.121 e. The van der Waals surface area contributed by atoms with Gasteiger partial charge in [0.15, 0.2) is 0 Å². The van der Waals surface area contributed by atoms with Crippen molar-refractivity contribution in [1.29, 1.82) is 0 Å². The number of hydrogen-bond donors (Lipinski definition) is 0. The van der Waals surface area contributed by atoms with Crippen molar-refractivity contribution in [2.45, 2.75) is 50.6 Å². The lowest BCUT2D eigenvalue weighted by Crippen LogP contribution is -2.11. The first-order chi connectivity index (χ1) is 6.74. The van der Waals surface area contributed by atoms with E-state index in [4.69, 9.17) is 0 Å². The van der Waals surface area contributed by atoms with Crippen LogP contribution in [0.2, 0.25) is 0 Å². The molecule has 0 fully saturated rings. The number of hydrogen-bond acceptors (Lipinski definition) is 2. The average molecular weight is 210 g/mol. The van der Waals surface area contributed by atoms with E-state index in [0.717, 1.165) is 0 Å². The summed E-state index contributed by atoms with van der Waals surface area (Å²) in [5.41, 5.74) is 3.02. The predicted molar refractivity (Wildman–Crippen MR) is 61.0 cm³/mol. The van der Waals surface area contributed by atoms with Crippen LogP contribution in [-0.4, -0.2) is 16.0 Å². The molecule has 1 aliphatic rings. The van der Waals surface area contributed by atoms with Crippen LogP contribution < -0.4 is 0 Å². The van der Waals surface area contributed by atoms with Gasteiger partial charge in [0.25, 0.3) is 0 Å². The fourth-order valence-corrected chi connectivity index (χ4v) is 2.82. The lowest BCUT2D eigenvalue weighted by molar-refractivity contribution is 0.490. The van der Waals surface area contributed by atoms with Gasteiger partial charge in [-0.25, -0.2) is 0 Å². The molecule has 0 unspecified atom stereocenters. The summed E-state index contributed by atoms with van der Waals surface area (Å²) in [6.45, 7) is 4.43. The van der Waals surface area contributed by atoms with Crippen LogP contribution in [0.4, 0.5) is 0 Å². The Morgan fingerprint density at radius 2 is 2.00 bits per heavy atom. The molecule has 2 rings (SSSR count). The van der Waals surface area contributed by atoms with Gasteiger partial charge in [-0.1, -0.05) is 0 Å². The standard InChI is InChI=1S/C11H18N2S/c1-8(2)13-10-7-5-4-6-9(10)11(12-13)14-3/h8H,4-7H2,1-3H3. The van der Waals surface area contributed by atoms with Gasteiger partial charge in [0, 0.05) is 17.3 Å². The summed E-state index contributed by atoms with van der Waals surface area (Å²) in [4.78, 5) is 0. The van der Waals surface area contributed by atoms with Gasteiger partial charge in [0.05, 0.1) is 0 Å². The van der Waals surface area contributed by atoms with Crippen molar-refractivity contribution in [3.8, 4) is 0 Å². The fraction of sp³-hybridized carbons (Fsp3) is 0.727. The zero-order chi connectivity index (χ0) is 10.1. The van der Waals surface area contributed by atoms with Gasteiger partial charge in [-0.2, -0.15) is 5.10 Å². The normalized spacial score (nSPS) is 16.0. The second kappa shape index (κ2) is 3.97. The number of fused-ring (bicyclic) bond motifs is 1. The van der Waals surface area contributed by atoms with Gasteiger partial charge >= 0.3 is 0 Å². The third kappa shape index (κ3) is 1.58. The Morgan fingerprint density at radius 3 is 2.64 bits per heavy atom. The average Bonchev–Trinajstić information content (AvgIpc) is 2.56. The van der Waals surface area contributed by atoms with Gasteiger partial charge in [0.2, 0.25) is 0 Å².